The third-order valence-corrected chi connectivity index (χ3v) is 8.21. The van der Waals surface area contributed by atoms with Gasteiger partial charge in [-0.15, -0.1) is 0 Å². The Morgan fingerprint density at radius 3 is 1.76 bits per heavy atom. The van der Waals surface area contributed by atoms with E-state index in [0.29, 0.717) is 46.9 Å². The number of carbonyl (C=O) groups excluding carboxylic acids is 4. The predicted molar refractivity (Wildman–Crippen MR) is 186 cm³/mol. The molecule has 12 nitrogen and oxygen atoms in total. The van der Waals surface area contributed by atoms with E-state index in [4.69, 9.17) is 23.7 Å². The highest BCUT2D eigenvalue weighted by molar-refractivity contribution is 6.01. The van der Waals surface area contributed by atoms with E-state index in [2.05, 4.69) is 10.6 Å². The molecule has 5 rings (SSSR count). The molecule has 0 spiro atoms. The molecule has 0 unspecified atom stereocenters. The number of likely N-dealkylation sites (tertiary alicyclic amines) is 1. The largest absolute Gasteiger partial charge is 0.495 e. The predicted octanol–water partition coefficient (Wildman–Crippen LogP) is 6.24. The minimum absolute atomic E-state index is 0.136. The van der Waals surface area contributed by atoms with Crippen molar-refractivity contribution in [3.8, 4) is 17.2 Å². The van der Waals surface area contributed by atoms with Gasteiger partial charge in [0.2, 0.25) is 5.78 Å². The topological polar surface area (TPSA) is 142 Å². The van der Waals surface area contributed by atoms with E-state index >= 15 is 0 Å². The number of para-hydroxylation sites is 1. The molecule has 0 saturated carbocycles. The molecule has 0 aromatic heterocycles. The van der Waals surface area contributed by atoms with Crippen molar-refractivity contribution in [3.05, 3.63) is 113 Å². The van der Waals surface area contributed by atoms with Crippen LogP contribution in [0.15, 0.2) is 91.0 Å². The zero-order valence-corrected chi connectivity index (χ0v) is 28.3. The summed E-state index contributed by atoms with van der Waals surface area (Å²) in [5.41, 5.74) is 3.19. The van der Waals surface area contributed by atoms with Crippen LogP contribution in [0.2, 0.25) is 0 Å². The fourth-order valence-corrected chi connectivity index (χ4v) is 5.56. The summed E-state index contributed by atoms with van der Waals surface area (Å²) in [4.78, 5) is 53.4. The van der Waals surface area contributed by atoms with Crippen LogP contribution < -0.4 is 24.8 Å². The number of nitrogens with one attached hydrogen (secondary N) is 2. The third kappa shape index (κ3) is 8.21. The van der Waals surface area contributed by atoms with Gasteiger partial charge in [-0.25, -0.2) is 19.3 Å². The molecule has 0 radical (unpaired) electrons. The maximum absolute atomic E-state index is 14.6. The van der Waals surface area contributed by atoms with Crippen LogP contribution in [0.25, 0.3) is 0 Å². The quantitative estimate of drug-likeness (QED) is 0.123. The molecule has 0 aliphatic carbocycles. The number of amides is 2. The second-order valence-corrected chi connectivity index (χ2v) is 11.5. The first-order chi connectivity index (χ1) is 24.1. The van der Waals surface area contributed by atoms with Crippen molar-refractivity contribution in [2.24, 2.45) is 0 Å². The minimum atomic E-state index is -1.94. The Bertz CT molecular complexity index is 1770. The summed E-state index contributed by atoms with van der Waals surface area (Å²) in [5.74, 6) is -2.48. The Balaban J connectivity index is 1.46. The molecule has 12 heteroatoms. The Labute approximate surface area is 290 Å². The zero-order chi connectivity index (χ0) is 35.7. The van der Waals surface area contributed by atoms with Gasteiger partial charge in [0.15, 0.2) is 0 Å². The Morgan fingerprint density at radius 2 is 1.24 bits per heavy atom. The number of nitrogens with zero attached hydrogens (tertiary/aromatic N) is 1. The zero-order valence-electron chi connectivity index (χ0n) is 28.3. The first-order valence-electron chi connectivity index (χ1n) is 16.0. The fourth-order valence-electron chi connectivity index (χ4n) is 5.56. The first kappa shape index (κ1) is 35.4. The molecular formula is C38H39N3O9. The molecule has 0 atom stereocenters. The molecule has 4 aromatic carbocycles. The molecule has 1 aliphatic heterocycles. The van der Waals surface area contributed by atoms with Crippen LogP contribution in [0.5, 0.6) is 17.2 Å². The van der Waals surface area contributed by atoms with E-state index in [0.717, 1.165) is 18.4 Å². The standard InChI is InChI=1S/C38H39N3O9/c1-25-9-5-6-10-31(25)39-37(45)40-32-20-11-26(23-33(32)46-2)24-34(42)38(41-21-7-8-22-41,49-29-16-12-27(13-17-29)35(43)47-3)50-30-18-14-28(15-19-30)36(44)48-4/h5-6,9-20,23H,7-8,21-22,24H2,1-4H3,(H2,39,40,45). The van der Waals surface area contributed by atoms with E-state index in [-0.39, 0.29) is 17.9 Å². The molecule has 2 N–H and O–H groups in total. The summed E-state index contributed by atoms with van der Waals surface area (Å²) in [6.45, 7) is 2.91. The lowest BCUT2D eigenvalue weighted by atomic mass is 10.0. The molecule has 260 valence electrons. The second-order valence-electron chi connectivity index (χ2n) is 11.5. The summed E-state index contributed by atoms with van der Waals surface area (Å²) >= 11 is 0. The third-order valence-electron chi connectivity index (χ3n) is 8.21. The highest BCUT2D eigenvalue weighted by atomic mass is 16.7. The lowest BCUT2D eigenvalue weighted by Gasteiger charge is -2.39. The molecule has 0 bridgehead atoms. The number of urea groups is 1. The molecule has 1 heterocycles. The molecular weight excluding hydrogens is 642 g/mol. The molecule has 1 fully saturated rings. The van der Waals surface area contributed by atoms with Crippen molar-refractivity contribution in [1.82, 2.24) is 4.90 Å². The number of aryl methyl sites for hydroxylation is 1. The summed E-state index contributed by atoms with van der Waals surface area (Å²) in [6.07, 6.45) is 1.48. The summed E-state index contributed by atoms with van der Waals surface area (Å²) in [7, 11) is 4.06. The van der Waals surface area contributed by atoms with Crippen molar-refractivity contribution >= 4 is 35.1 Å². The minimum Gasteiger partial charge on any atom is -0.495 e. The van der Waals surface area contributed by atoms with Crippen molar-refractivity contribution in [2.75, 3.05) is 45.1 Å². The van der Waals surface area contributed by atoms with Gasteiger partial charge < -0.3 is 34.3 Å². The van der Waals surface area contributed by atoms with E-state index in [9.17, 15) is 19.2 Å². The number of methoxy groups -OCH3 is 3. The number of carbonyl (C=O) groups is 4. The first-order valence-corrected chi connectivity index (χ1v) is 16.0. The lowest BCUT2D eigenvalue weighted by Crippen LogP contribution is -2.62. The van der Waals surface area contributed by atoms with Gasteiger partial charge in [0.25, 0.3) is 0 Å². The summed E-state index contributed by atoms with van der Waals surface area (Å²) < 4.78 is 28.2. The van der Waals surface area contributed by atoms with Gasteiger partial charge in [-0.2, -0.15) is 0 Å². The summed E-state index contributed by atoms with van der Waals surface area (Å²) in [5, 5.41) is 5.64. The molecule has 1 aliphatic rings. The number of Topliss-reactive ketones (excluding diaryl/α,β-unsaturated/α-hetero) is 1. The van der Waals surface area contributed by atoms with Gasteiger partial charge in [-0.1, -0.05) is 24.3 Å². The van der Waals surface area contributed by atoms with Crippen molar-refractivity contribution in [2.45, 2.75) is 32.1 Å². The maximum atomic E-state index is 14.6. The average Bonchev–Trinajstić information content (AvgIpc) is 3.69. The Morgan fingerprint density at radius 1 is 0.700 bits per heavy atom. The number of hydrogen-bond acceptors (Lipinski definition) is 10. The van der Waals surface area contributed by atoms with E-state index in [1.165, 1.54) is 45.6 Å². The van der Waals surface area contributed by atoms with Gasteiger partial charge in [0.1, 0.15) is 17.2 Å². The lowest BCUT2D eigenvalue weighted by molar-refractivity contribution is -0.214. The van der Waals surface area contributed by atoms with Crippen LogP contribution in [-0.4, -0.2) is 69.0 Å². The number of hydrogen-bond donors (Lipinski definition) is 2. The number of ether oxygens (including phenoxy) is 5. The number of benzene rings is 4. The average molecular weight is 682 g/mol. The number of ketones is 1. The van der Waals surface area contributed by atoms with Crippen LogP contribution in [0.4, 0.5) is 16.2 Å². The number of esters is 2. The highest BCUT2D eigenvalue weighted by Gasteiger charge is 2.50. The number of rotatable bonds is 13. The molecule has 2 amide bonds. The van der Waals surface area contributed by atoms with Gasteiger partial charge in [0.05, 0.1) is 38.1 Å². The van der Waals surface area contributed by atoms with Crippen LogP contribution >= 0.6 is 0 Å². The smallest absolute Gasteiger partial charge is 0.379 e. The van der Waals surface area contributed by atoms with Crippen molar-refractivity contribution < 1.29 is 42.9 Å². The van der Waals surface area contributed by atoms with E-state index < -0.39 is 29.7 Å². The van der Waals surface area contributed by atoms with E-state index in [1.807, 2.05) is 30.0 Å². The normalized spacial score (nSPS) is 12.8. The molecule has 50 heavy (non-hydrogen) atoms. The Kier molecular flexibility index (Phi) is 11.3. The van der Waals surface area contributed by atoms with Crippen LogP contribution in [0.1, 0.15) is 44.7 Å². The highest BCUT2D eigenvalue weighted by Crippen LogP contribution is 2.33. The number of anilines is 2. The van der Waals surface area contributed by atoms with Crippen molar-refractivity contribution in [1.29, 1.82) is 0 Å². The van der Waals surface area contributed by atoms with Gasteiger partial charge in [-0.05, 0) is 97.6 Å². The van der Waals surface area contributed by atoms with Crippen molar-refractivity contribution in [3.63, 3.8) is 0 Å². The van der Waals surface area contributed by atoms with E-state index in [1.54, 1.807) is 48.5 Å². The van der Waals surface area contributed by atoms with Gasteiger partial charge in [0, 0.05) is 25.2 Å². The monoisotopic (exact) mass is 681 g/mol. The maximum Gasteiger partial charge on any atom is 0.379 e. The SMILES string of the molecule is COC(=O)c1ccc(OC(Oc2ccc(C(=O)OC)cc2)(C(=O)Cc2ccc(NC(=O)Nc3ccccc3C)c(OC)c2)N2CCCC2)cc1. The fraction of sp³-hybridized carbons (Fsp3) is 0.263. The molecule has 1 saturated heterocycles. The second kappa shape index (κ2) is 16.0. The Hall–Kier alpha value is -5.88. The van der Waals surface area contributed by atoms with Crippen LogP contribution in [0, 0.1) is 6.92 Å². The van der Waals surface area contributed by atoms with Crippen LogP contribution in [0.3, 0.4) is 0 Å². The van der Waals surface area contributed by atoms with Gasteiger partial charge in [-0.3, -0.25) is 4.79 Å². The summed E-state index contributed by atoms with van der Waals surface area (Å²) in [6, 6.07) is 24.5. The van der Waals surface area contributed by atoms with Crippen LogP contribution in [-0.2, 0) is 20.7 Å². The molecule has 4 aromatic rings. The van der Waals surface area contributed by atoms with Gasteiger partial charge >= 0.3 is 23.9 Å².